The minimum atomic E-state index is -0.0814. The number of hydrogen-bond donors (Lipinski definition) is 2. The van der Waals surface area contributed by atoms with Gasteiger partial charge in [0.25, 0.3) is 0 Å². The van der Waals surface area contributed by atoms with Crippen molar-refractivity contribution in [1.29, 1.82) is 0 Å². The second-order valence-electron chi connectivity index (χ2n) is 5.08. The van der Waals surface area contributed by atoms with Crippen LogP contribution in [0.2, 0.25) is 0 Å². The maximum atomic E-state index is 11.9. The molecule has 0 aromatic heterocycles. The van der Waals surface area contributed by atoms with Crippen molar-refractivity contribution < 1.29 is 9.59 Å². The van der Waals surface area contributed by atoms with Crippen LogP contribution in [-0.2, 0) is 22.6 Å². The van der Waals surface area contributed by atoms with Gasteiger partial charge in [0.05, 0.1) is 12.5 Å². The molecule has 1 aromatic rings. The monoisotopic (exact) mass is 291 g/mol. The lowest BCUT2D eigenvalue weighted by molar-refractivity contribution is -0.122. The van der Waals surface area contributed by atoms with Gasteiger partial charge in [-0.3, -0.25) is 14.9 Å². The number of rotatable bonds is 3. The number of anilines is 1. The number of likely N-dealkylation sites (N-methyl/N-ethyl adjacent to an activating group) is 1. The second-order valence-corrected chi connectivity index (χ2v) is 6.11. The summed E-state index contributed by atoms with van der Waals surface area (Å²) in [5.41, 5.74) is 3.04. The fraction of sp³-hybridized carbons (Fsp3) is 0.429. The lowest BCUT2D eigenvalue weighted by atomic mass is 10.1. The predicted octanol–water partition coefficient (Wildman–Crippen LogP) is 0.484. The van der Waals surface area contributed by atoms with Crippen LogP contribution >= 0.6 is 11.8 Å². The third-order valence-corrected chi connectivity index (χ3v) is 4.66. The first-order valence-corrected chi connectivity index (χ1v) is 7.78. The molecule has 2 aliphatic heterocycles. The molecule has 1 fully saturated rings. The summed E-state index contributed by atoms with van der Waals surface area (Å²) < 4.78 is 0. The van der Waals surface area contributed by atoms with E-state index in [1.807, 2.05) is 18.2 Å². The van der Waals surface area contributed by atoms with Crippen LogP contribution in [0.3, 0.4) is 0 Å². The average molecular weight is 291 g/mol. The average Bonchev–Trinajstić information content (AvgIpc) is 3.06. The summed E-state index contributed by atoms with van der Waals surface area (Å²) in [5.74, 6) is 1.83. The topological polar surface area (TPSA) is 61.4 Å². The van der Waals surface area contributed by atoms with Crippen LogP contribution < -0.4 is 15.5 Å². The summed E-state index contributed by atoms with van der Waals surface area (Å²) in [5, 5.41) is 6.09. The Morgan fingerprint density at radius 1 is 1.55 bits per heavy atom. The molecule has 5 nitrogen and oxygen atoms in total. The maximum absolute atomic E-state index is 11.9. The Hall–Kier alpha value is -1.53. The van der Waals surface area contributed by atoms with Crippen molar-refractivity contribution in [1.82, 2.24) is 10.6 Å². The SMILES string of the molecule is CN1C(=O)Cc2cc(CNC(=O)C3CSCN3)ccc21. The molecule has 0 spiro atoms. The van der Waals surface area contributed by atoms with Crippen molar-refractivity contribution in [2.24, 2.45) is 0 Å². The molecule has 106 valence electrons. The lowest BCUT2D eigenvalue weighted by Gasteiger charge is -2.12. The Morgan fingerprint density at radius 2 is 2.40 bits per heavy atom. The molecular formula is C14H17N3O2S. The molecule has 0 radical (unpaired) electrons. The smallest absolute Gasteiger partial charge is 0.238 e. The molecule has 20 heavy (non-hydrogen) atoms. The van der Waals surface area contributed by atoms with E-state index >= 15 is 0 Å². The lowest BCUT2D eigenvalue weighted by Crippen LogP contribution is -2.41. The number of fused-ring (bicyclic) bond motifs is 1. The molecule has 2 heterocycles. The largest absolute Gasteiger partial charge is 0.351 e. The van der Waals surface area contributed by atoms with E-state index < -0.39 is 0 Å². The highest BCUT2D eigenvalue weighted by molar-refractivity contribution is 7.99. The number of nitrogens with zero attached hydrogens (tertiary/aromatic N) is 1. The number of benzene rings is 1. The Balaban J connectivity index is 1.63. The summed E-state index contributed by atoms with van der Waals surface area (Å²) in [6.45, 7) is 0.507. The molecule has 3 rings (SSSR count). The van der Waals surface area contributed by atoms with E-state index in [1.54, 1.807) is 23.7 Å². The fourth-order valence-electron chi connectivity index (χ4n) is 2.51. The minimum absolute atomic E-state index is 0.0451. The van der Waals surface area contributed by atoms with E-state index in [-0.39, 0.29) is 17.9 Å². The van der Waals surface area contributed by atoms with E-state index in [1.165, 1.54) is 0 Å². The van der Waals surface area contributed by atoms with Gasteiger partial charge in [0.1, 0.15) is 0 Å². The zero-order valence-electron chi connectivity index (χ0n) is 11.3. The number of amides is 2. The van der Waals surface area contributed by atoms with Gasteiger partial charge in [-0.15, -0.1) is 11.8 Å². The Bertz CT molecular complexity index is 555. The Kier molecular flexibility index (Phi) is 3.67. The van der Waals surface area contributed by atoms with Gasteiger partial charge in [-0.05, 0) is 17.2 Å². The number of thioether (sulfide) groups is 1. The molecule has 0 aliphatic carbocycles. The van der Waals surface area contributed by atoms with Gasteiger partial charge in [0, 0.05) is 30.9 Å². The molecule has 0 bridgehead atoms. The highest BCUT2D eigenvalue weighted by Gasteiger charge is 2.24. The van der Waals surface area contributed by atoms with E-state index in [9.17, 15) is 9.59 Å². The molecule has 2 aliphatic rings. The van der Waals surface area contributed by atoms with Crippen LogP contribution in [0.25, 0.3) is 0 Å². The number of nitrogens with one attached hydrogen (secondary N) is 2. The summed E-state index contributed by atoms with van der Waals surface area (Å²) in [4.78, 5) is 25.2. The summed E-state index contributed by atoms with van der Waals surface area (Å²) in [7, 11) is 1.79. The Morgan fingerprint density at radius 3 is 3.15 bits per heavy atom. The van der Waals surface area contributed by atoms with Crippen LogP contribution in [0.1, 0.15) is 11.1 Å². The molecular weight excluding hydrogens is 274 g/mol. The molecule has 1 unspecified atom stereocenters. The molecule has 0 saturated carbocycles. The summed E-state index contributed by atoms with van der Waals surface area (Å²) in [6, 6.07) is 5.84. The third kappa shape index (κ3) is 2.53. The zero-order valence-corrected chi connectivity index (χ0v) is 12.1. The fourth-order valence-corrected chi connectivity index (χ4v) is 3.45. The second kappa shape index (κ2) is 5.46. The van der Waals surface area contributed by atoms with Crippen LogP contribution in [0.15, 0.2) is 18.2 Å². The van der Waals surface area contributed by atoms with Crippen LogP contribution in [0, 0.1) is 0 Å². The number of carbonyl (C=O) groups excluding carboxylic acids is 2. The molecule has 1 saturated heterocycles. The standard InChI is InChI=1S/C14H17N3O2S/c1-17-12-3-2-9(4-10(12)5-13(17)18)6-15-14(19)11-7-20-8-16-11/h2-4,11,16H,5-8H2,1H3,(H,15,19). The van der Waals surface area contributed by atoms with Crippen LogP contribution in [0.4, 0.5) is 5.69 Å². The van der Waals surface area contributed by atoms with Gasteiger partial charge >= 0.3 is 0 Å². The van der Waals surface area contributed by atoms with Gasteiger partial charge in [-0.2, -0.15) is 0 Å². The van der Waals surface area contributed by atoms with E-state index in [4.69, 9.17) is 0 Å². The summed E-state index contributed by atoms with van der Waals surface area (Å²) >= 11 is 1.73. The number of carbonyl (C=O) groups is 2. The molecule has 2 N–H and O–H groups in total. The Labute approximate surface area is 122 Å². The van der Waals surface area contributed by atoms with Crippen LogP contribution in [-0.4, -0.2) is 36.5 Å². The highest BCUT2D eigenvalue weighted by Crippen LogP contribution is 2.28. The van der Waals surface area contributed by atoms with Crippen molar-refractivity contribution in [3.8, 4) is 0 Å². The normalized spacial score (nSPS) is 21.1. The van der Waals surface area contributed by atoms with Crippen molar-refractivity contribution in [2.45, 2.75) is 19.0 Å². The van der Waals surface area contributed by atoms with Gasteiger partial charge < -0.3 is 10.2 Å². The van der Waals surface area contributed by atoms with Crippen molar-refractivity contribution in [2.75, 3.05) is 23.6 Å². The third-order valence-electron chi connectivity index (χ3n) is 3.72. The molecule has 2 amide bonds. The predicted molar refractivity (Wildman–Crippen MR) is 79.7 cm³/mol. The highest BCUT2D eigenvalue weighted by atomic mass is 32.2. The molecule has 6 heteroatoms. The molecule has 1 aromatic carbocycles. The summed E-state index contributed by atoms with van der Waals surface area (Å²) in [6.07, 6.45) is 0.453. The van der Waals surface area contributed by atoms with E-state index in [0.717, 1.165) is 28.4 Å². The van der Waals surface area contributed by atoms with Crippen LogP contribution in [0.5, 0.6) is 0 Å². The quantitative estimate of drug-likeness (QED) is 0.850. The van der Waals surface area contributed by atoms with Gasteiger partial charge in [-0.1, -0.05) is 12.1 Å². The van der Waals surface area contributed by atoms with Crippen molar-refractivity contribution >= 4 is 29.3 Å². The first kappa shape index (κ1) is 13.5. The van der Waals surface area contributed by atoms with Gasteiger partial charge in [0.2, 0.25) is 11.8 Å². The van der Waals surface area contributed by atoms with Crippen molar-refractivity contribution in [3.63, 3.8) is 0 Å². The first-order valence-electron chi connectivity index (χ1n) is 6.62. The van der Waals surface area contributed by atoms with Gasteiger partial charge in [-0.25, -0.2) is 0 Å². The maximum Gasteiger partial charge on any atom is 0.238 e. The van der Waals surface area contributed by atoms with E-state index in [0.29, 0.717) is 13.0 Å². The zero-order chi connectivity index (χ0) is 14.1. The first-order chi connectivity index (χ1) is 9.65. The minimum Gasteiger partial charge on any atom is -0.351 e. The van der Waals surface area contributed by atoms with Crippen molar-refractivity contribution in [3.05, 3.63) is 29.3 Å². The van der Waals surface area contributed by atoms with E-state index in [2.05, 4.69) is 10.6 Å². The molecule has 1 atom stereocenters. The number of hydrogen-bond acceptors (Lipinski definition) is 4. The van der Waals surface area contributed by atoms with Gasteiger partial charge in [0.15, 0.2) is 0 Å².